The van der Waals surface area contributed by atoms with Gasteiger partial charge in [-0.1, -0.05) is 31.9 Å². The first kappa shape index (κ1) is 23.4. The molecule has 1 unspecified atom stereocenters. The van der Waals surface area contributed by atoms with Gasteiger partial charge >= 0.3 is 0 Å². The van der Waals surface area contributed by atoms with E-state index in [0.717, 1.165) is 41.9 Å². The van der Waals surface area contributed by atoms with Gasteiger partial charge in [-0.3, -0.25) is 4.39 Å². The number of ether oxygens (including phenoxy) is 1. The van der Waals surface area contributed by atoms with Gasteiger partial charge < -0.3 is 4.74 Å². The van der Waals surface area contributed by atoms with Crippen molar-refractivity contribution in [3.05, 3.63) is 11.1 Å². The Hall–Kier alpha value is -0.370. The van der Waals surface area contributed by atoms with E-state index in [1.165, 1.54) is 68.9 Å². The third kappa shape index (κ3) is 3.09. The third-order valence-electron chi connectivity index (χ3n) is 12.6. The van der Waals surface area contributed by atoms with Crippen molar-refractivity contribution >= 4 is 0 Å². The Kier molecular flexibility index (Phi) is 5.91. The summed E-state index contributed by atoms with van der Waals surface area (Å²) in [5.41, 5.74) is 4.30. The van der Waals surface area contributed by atoms with E-state index in [-0.39, 0.29) is 6.67 Å². The van der Waals surface area contributed by atoms with E-state index in [2.05, 4.69) is 34.6 Å². The van der Waals surface area contributed by atoms with E-state index in [0.29, 0.717) is 28.8 Å². The minimum absolute atomic E-state index is 0.205. The molecule has 0 bridgehead atoms. The van der Waals surface area contributed by atoms with Crippen molar-refractivity contribution in [2.75, 3.05) is 13.8 Å². The molecule has 182 valence electrons. The molecule has 0 aromatic heterocycles. The fraction of sp³-hybridized carbons (Fsp3) is 0.933. The normalized spacial score (nSPS) is 49.6. The molecule has 5 fully saturated rings. The van der Waals surface area contributed by atoms with Crippen LogP contribution >= 0.6 is 0 Å². The van der Waals surface area contributed by atoms with Crippen LogP contribution in [-0.4, -0.2) is 19.9 Å². The Labute approximate surface area is 197 Å². The molecule has 0 amide bonds. The molecule has 2 heteroatoms. The first-order chi connectivity index (χ1) is 15.2. The Morgan fingerprint density at radius 3 is 2.47 bits per heavy atom. The summed E-state index contributed by atoms with van der Waals surface area (Å²) in [6.07, 6.45) is 15.0. The summed E-state index contributed by atoms with van der Waals surface area (Å²) in [6.45, 7) is 12.0. The zero-order valence-corrected chi connectivity index (χ0v) is 21.8. The van der Waals surface area contributed by atoms with Crippen molar-refractivity contribution in [1.29, 1.82) is 0 Å². The predicted molar refractivity (Wildman–Crippen MR) is 131 cm³/mol. The van der Waals surface area contributed by atoms with Crippen molar-refractivity contribution in [2.45, 2.75) is 111 Å². The molecule has 0 N–H and O–H groups in total. The van der Waals surface area contributed by atoms with Crippen LogP contribution < -0.4 is 0 Å². The highest BCUT2D eigenvalue weighted by Crippen LogP contribution is 2.82. The lowest BCUT2D eigenvalue weighted by molar-refractivity contribution is -0.161. The maximum atomic E-state index is 13.0. The standard InChI is InChI=1S/C30H49FO/c1-19(2)21(13-16-31)8-7-20(3)24-9-10-25-23-17-27(32-6)30-18-22(30)11-15-29(30,5)26(23)12-14-28(24,25)4/h20,22-27H,7-18H2,1-6H3/t20-,22?,23+,24-,25+,26+,27-,28-,29-,30+/m1/s1. The highest BCUT2D eigenvalue weighted by molar-refractivity contribution is 5.26. The minimum Gasteiger partial charge on any atom is -0.381 e. The molecule has 0 aromatic carbocycles. The Balaban J connectivity index is 1.33. The van der Waals surface area contributed by atoms with Crippen molar-refractivity contribution in [3.63, 3.8) is 0 Å². The monoisotopic (exact) mass is 444 g/mol. The fourth-order valence-electron chi connectivity index (χ4n) is 10.9. The molecular formula is C30H49FO. The number of hydrogen-bond acceptors (Lipinski definition) is 1. The Bertz CT molecular complexity index is 754. The van der Waals surface area contributed by atoms with E-state index in [9.17, 15) is 4.39 Å². The molecule has 0 radical (unpaired) electrons. The van der Waals surface area contributed by atoms with Crippen molar-refractivity contribution in [3.8, 4) is 0 Å². The molecule has 0 heterocycles. The van der Waals surface area contributed by atoms with Crippen LogP contribution in [0.2, 0.25) is 0 Å². The summed E-state index contributed by atoms with van der Waals surface area (Å²) >= 11 is 0. The van der Waals surface area contributed by atoms with Crippen LogP contribution in [0.1, 0.15) is 105 Å². The maximum Gasteiger partial charge on any atom is 0.0931 e. The average Bonchev–Trinajstić information content (AvgIpc) is 3.27. The molecule has 5 saturated carbocycles. The van der Waals surface area contributed by atoms with Gasteiger partial charge in [-0.15, -0.1) is 0 Å². The summed E-state index contributed by atoms with van der Waals surface area (Å²) < 4.78 is 19.3. The molecular weight excluding hydrogens is 395 g/mol. The molecule has 5 rings (SSSR count). The van der Waals surface area contributed by atoms with Crippen molar-refractivity contribution in [1.82, 2.24) is 0 Å². The van der Waals surface area contributed by atoms with Gasteiger partial charge in [0, 0.05) is 12.5 Å². The van der Waals surface area contributed by atoms with Crippen LogP contribution in [0.4, 0.5) is 4.39 Å². The highest BCUT2D eigenvalue weighted by atomic mass is 19.1. The molecule has 32 heavy (non-hydrogen) atoms. The molecule has 1 nitrogen and oxygen atoms in total. The lowest BCUT2D eigenvalue weighted by atomic mass is 9.45. The van der Waals surface area contributed by atoms with Gasteiger partial charge in [-0.05, 0) is 131 Å². The number of alkyl halides is 1. The minimum atomic E-state index is -0.205. The van der Waals surface area contributed by atoms with E-state index in [4.69, 9.17) is 4.74 Å². The second-order valence-corrected chi connectivity index (χ2v) is 13.5. The molecule has 5 aliphatic rings. The number of allylic oxidation sites excluding steroid dienone is 2. The van der Waals surface area contributed by atoms with Gasteiger partial charge in [0.25, 0.3) is 0 Å². The molecule has 0 aromatic rings. The summed E-state index contributed by atoms with van der Waals surface area (Å²) in [4.78, 5) is 0. The lowest BCUT2D eigenvalue weighted by Gasteiger charge is -2.61. The number of fused-ring (bicyclic) bond motifs is 4. The van der Waals surface area contributed by atoms with Crippen LogP contribution in [0.3, 0.4) is 0 Å². The Morgan fingerprint density at radius 2 is 1.81 bits per heavy atom. The van der Waals surface area contributed by atoms with Gasteiger partial charge in [0.1, 0.15) is 0 Å². The zero-order chi connectivity index (χ0) is 22.9. The smallest absolute Gasteiger partial charge is 0.0931 e. The lowest BCUT2D eigenvalue weighted by Crippen LogP contribution is -2.57. The van der Waals surface area contributed by atoms with Crippen LogP contribution in [0.25, 0.3) is 0 Å². The molecule has 1 spiro atoms. The van der Waals surface area contributed by atoms with E-state index in [1.54, 1.807) is 0 Å². The van der Waals surface area contributed by atoms with E-state index < -0.39 is 0 Å². The van der Waals surface area contributed by atoms with Gasteiger partial charge in [-0.25, -0.2) is 0 Å². The second kappa shape index (κ2) is 8.10. The topological polar surface area (TPSA) is 9.23 Å². The Morgan fingerprint density at radius 1 is 1.03 bits per heavy atom. The second-order valence-electron chi connectivity index (χ2n) is 13.5. The molecule has 10 atom stereocenters. The molecule has 0 aliphatic heterocycles. The summed E-state index contributed by atoms with van der Waals surface area (Å²) in [7, 11) is 2.01. The largest absolute Gasteiger partial charge is 0.381 e. The summed E-state index contributed by atoms with van der Waals surface area (Å²) in [5.74, 6) is 5.28. The summed E-state index contributed by atoms with van der Waals surface area (Å²) in [5, 5.41) is 0. The van der Waals surface area contributed by atoms with Crippen LogP contribution in [0.15, 0.2) is 11.1 Å². The molecule has 0 saturated heterocycles. The van der Waals surface area contributed by atoms with Crippen LogP contribution in [-0.2, 0) is 4.74 Å². The van der Waals surface area contributed by atoms with Crippen molar-refractivity contribution < 1.29 is 9.13 Å². The number of hydrogen-bond donors (Lipinski definition) is 0. The third-order valence-corrected chi connectivity index (χ3v) is 12.6. The van der Waals surface area contributed by atoms with Crippen LogP contribution in [0, 0.1) is 51.8 Å². The average molecular weight is 445 g/mol. The number of halogens is 1. The summed E-state index contributed by atoms with van der Waals surface area (Å²) in [6, 6.07) is 0. The quantitative estimate of drug-likeness (QED) is 0.358. The van der Waals surface area contributed by atoms with E-state index >= 15 is 0 Å². The fourth-order valence-corrected chi connectivity index (χ4v) is 10.9. The molecule has 5 aliphatic carbocycles. The SMILES string of the molecule is CO[C@@H]1C[C@H]2[C@@H]3CC[C@H]([C@H](C)CCC(CCF)=C(C)C)[C@@]3(C)CC[C@@H]2[C@@]2(C)CCC3C[C@]312. The number of rotatable bonds is 7. The maximum absolute atomic E-state index is 13.0. The highest BCUT2D eigenvalue weighted by Gasteiger charge is 2.77. The predicted octanol–water partition coefficient (Wildman–Crippen LogP) is 8.38. The van der Waals surface area contributed by atoms with Crippen molar-refractivity contribution in [2.24, 2.45) is 51.8 Å². The van der Waals surface area contributed by atoms with Gasteiger partial charge in [0.2, 0.25) is 0 Å². The van der Waals surface area contributed by atoms with Gasteiger partial charge in [-0.2, -0.15) is 0 Å². The first-order valence-corrected chi connectivity index (χ1v) is 14.0. The van der Waals surface area contributed by atoms with E-state index in [1.807, 2.05) is 7.11 Å². The number of methoxy groups -OCH3 is 1. The zero-order valence-electron chi connectivity index (χ0n) is 21.8. The van der Waals surface area contributed by atoms with Crippen LogP contribution in [0.5, 0.6) is 0 Å². The van der Waals surface area contributed by atoms with Gasteiger partial charge in [0.15, 0.2) is 0 Å². The first-order valence-electron chi connectivity index (χ1n) is 14.0. The van der Waals surface area contributed by atoms with Gasteiger partial charge in [0.05, 0.1) is 12.8 Å².